The highest BCUT2D eigenvalue weighted by molar-refractivity contribution is 8.00. The van der Waals surface area contributed by atoms with Gasteiger partial charge in [0.25, 0.3) is 0 Å². The van der Waals surface area contributed by atoms with Gasteiger partial charge in [-0.15, -0.1) is 11.8 Å². The number of carbonyl (C=O) groups excluding carboxylic acids is 2. The molecular formula is C30H26Cl2N4O3S. The maximum absolute atomic E-state index is 13.9. The number of benzene rings is 3. The first-order valence-electron chi connectivity index (χ1n) is 13.0. The number of rotatable bonds is 5. The minimum Gasteiger partial charge on any atom is -0.378 e. The number of morpholine rings is 1. The molecule has 0 bridgehead atoms. The molecule has 204 valence electrons. The van der Waals surface area contributed by atoms with E-state index in [0.717, 1.165) is 16.7 Å². The second-order valence-corrected chi connectivity index (χ2v) is 11.5. The molecule has 3 heterocycles. The summed E-state index contributed by atoms with van der Waals surface area (Å²) in [7, 11) is 0. The van der Waals surface area contributed by atoms with Crippen molar-refractivity contribution in [2.24, 2.45) is 0 Å². The van der Waals surface area contributed by atoms with E-state index in [1.807, 2.05) is 72.8 Å². The molecule has 2 amide bonds. The number of hydrogen-bond donors (Lipinski definition) is 0. The molecule has 10 heteroatoms. The molecule has 1 fully saturated rings. The second kappa shape index (κ2) is 11.7. The first-order chi connectivity index (χ1) is 19.5. The van der Waals surface area contributed by atoms with Crippen LogP contribution >= 0.6 is 35.0 Å². The fourth-order valence-corrected chi connectivity index (χ4v) is 6.70. The number of amides is 2. The summed E-state index contributed by atoms with van der Waals surface area (Å²) >= 11 is 14.6. The largest absolute Gasteiger partial charge is 0.378 e. The number of thioether (sulfide) groups is 1. The zero-order chi connectivity index (χ0) is 27.6. The summed E-state index contributed by atoms with van der Waals surface area (Å²) in [5.74, 6) is 0.402. The van der Waals surface area contributed by atoms with Crippen LogP contribution in [-0.4, -0.2) is 65.1 Å². The fourth-order valence-electron chi connectivity index (χ4n) is 5.10. The maximum Gasteiger partial charge on any atom is 0.242 e. The van der Waals surface area contributed by atoms with Crippen LogP contribution in [0, 0.1) is 0 Å². The molecule has 0 aliphatic carbocycles. The Morgan fingerprint density at radius 1 is 0.975 bits per heavy atom. The first kappa shape index (κ1) is 26.9. The summed E-state index contributed by atoms with van der Waals surface area (Å²) in [5, 5.41) is 5.90. The number of ether oxygens (including phenoxy) is 1. The SMILES string of the molecule is O=C(CN1C(=O)CS[C@@H](c2cccc(Cl)c2)c2c(-c3ccccc3)nn(-c3ccccc3Cl)c21)N1CCOCC1. The van der Waals surface area contributed by atoms with Gasteiger partial charge in [0.15, 0.2) is 0 Å². The summed E-state index contributed by atoms with van der Waals surface area (Å²) in [6, 6.07) is 24.9. The average Bonchev–Trinajstić information content (AvgIpc) is 3.30. The van der Waals surface area contributed by atoms with Crippen LogP contribution in [0.5, 0.6) is 0 Å². The lowest BCUT2D eigenvalue weighted by molar-refractivity contribution is -0.134. The molecule has 40 heavy (non-hydrogen) atoms. The molecule has 3 aromatic carbocycles. The van der Waals surface area contributed by atoms with Gasteiger partial charge in [-0.2, -0.15) is 5.10 Å². The van der Waals surface area contributed by atoms with Crippen molar-refractivity contribution in [3.63, 3.8) is 0 Å². The lowest BCUT2D eigenvalue weighted by Crippen LogP contribution is -2.48. The average molecular weight is 594 g/mol. The fraction of sp³-hybridized carbons (Fsp3) is 0.233. The first-order valence-corrected chi connectivity index (χ1v) is 14.8. The van der Waals surface area contributed by atoms with Crippen molar-refractivity contribution in [2.75, 3.05) is 43.5 Å². The Morgan fingerprint density at radius 3 is 2.48 bits per heavy atom. The molecule has 2 aliphatic rings. The molecule has 6 rings (SSSR count). The predicted octanol–water partition coefficient (Wildman–Crippen LogP) is 5.87. The predicted molar refractivity (Wildman–Crippen MR) is 160 cm³/mol. The normalized spacial score (nSPS) is 17.4. The molecule has 2 aliphatic heterocycles. The van der Waals surface area contributed by atoms with Crippen molar-refractivity contribution in [3.8, 4) is 16.9 Å². The Kier molecular flexibility index (Phi) is 7.85. The van der Waals surface area contributed by atoms with Gasteiger partial charge >= 0.3 is 0 Å². The number of nitrogens with zero attached hydrogens (tertiary/aromatic N) is 4. The van der Waals surface area contributed by atoms with Crippen LogP contribution < -0.4 is 4.90 Å². The zero-order valence-corrected chi connectivity index (χ0v) is 23.8. The van der Waals surface area contributed by atoms with E-state index in [4.69, 9.17) is 33.0 Å². The molecule has 4 aromatic rings. The minimum atomic E-state index is -0.271. The standard InChI is InChI=1S/C30H26Cl2N4O3S/c31-22-10-6-9-21(17-22)29-27-28(20-7-2-1-3-8-20)33-36(24-12-5-4-11-23(24)32)30(27)35(26(38)19-40-29)18-25(37)34-13-15-39-16-14-34/h1-12,17,29H,13-16,18-19H2/t29-/m0/s1. The third kappa shape index (κ3) is 5.24. The lowest BCUT2D eigenvalue weighted by Gasteiger charge is -2.30. The Hall–Kier alpha value is -3.30. The van der Waals surface area contributed by atoms with Gasteiger partial charge in [0.05, 0.1) is 40.6 Å². The number of carbonyl (C=O) groups is 2. The van der Waals surface area contributed by atoms with Crippen molar-refractivity contribution < 1.29 is 14.3 Å². The topological polar surface area (TPSA) is 67.7 Å². The molecule has 1 aromatic heterocycles. The number of para-hydroxylation sites is 1. The molecule has 0 unspecified atom stereocenters. The van der Waals surface area contributed by atoms with E-state index in [1.165, 1.54) is 11.8 Å². The van der Waals surface area contributed by atoms with Gasteiger partial charge in [-0.05, 0) is 29.8 Å². The number of fused-ring (bicyclic) bond motifs is 1. The Labute approximate surface area is 246 Å². The smallest absolute Gasteiger partial charge is 0.242 e. The Morgan fingerprint density at radius 2 is 1.73 bits per heavy atom. The van der Waals surface area contributed by atoms with Crippen LogP contribution in [0.1, 0.15) is 16.4 Å². The van der Waals surface area contributed by atoms with Crippen LogP contribution in [0.15, 0.2) is 78.9 Å². The van der Waals surface area contributed by atoms with Gasteiger partial charge < -0.3 is 9.64 Å². The molecule has 0 spiro atoms. The van der Waals surface area contributed by atoms with E-state index in [0.29, 0.717) is 53.5 Å². The second-order valence-electron chi connectivity index (χ2n) is 9.53. The van der Waals surface area contributed by atoms with E-state index in [1.54, 1.807) is 20.5 Å². The van der Waals surface area contributed by atoms with E-state index in [-0.39, 0.29) is 29.4 Å². The van der Waals surface area contributed by atoms with E-state index < -0.39 is 0 Å². The van der Waals surface area contributed by atoms with E-state index in [9.17, 15) is 9.59 Å². The van der Waals surface area contributed by atoms with Crippen LogP contribution in [-0.2, 0) is 14.3 Å². The molecule has 1 saturated heterocycles. The summed E-state index contributed by atoms with van der Waals surface area (Å²) in [5.41, 5.74) is 4.01. The molecule has 7 nitrogen and oxygen atoms in total. The quantitative estimate of drug-likeness (QED) is 0.290. The summed E-state index contributed by atoms with van der Waals surface area (Å²) in [6.45, 7) is 1.83. The maximum atomic E-state index is 13.9. The highest BCUT2D eigenvalue weighted by Gasteiger charge is 2.38. The van der Waals surface area contributed by atoms with E-state index in [2.05, 4.69) is 0 Å². The van der Waals surface area contributed by atoms with Gasteiger partial charge in [-0.25, -0.2) is 4.68 Å². The zero-order valence-electron chi connectivity index (χ0n) is 21.5. The number of halogens is 2. The third-order valence-corrected chi connectivity index (χ3v) is 8.84. The lowest BCUT2D eigenvalue weighted by atomic mass is 9.99. The van der Waals surface area contributed by atoms with Gasteiger partial charge in [-0.1, -0.05) is 77.8 Å². The monoisotopic (exact) mass is 592 g/mol. The van der Waals surface area contributed by atoms with Gasteiger partial charge in [-0.3, -0.25) is 14.5 Å². The molecule has 0 radical (unpaired) electrons. The van der Waals surface area contributed by atoms with Gasteiger partial charge in [0, 0.05) is 29.2 Å². The van der Waals surface area contributed by atoms with Crippen molar-refractivity contribution in [3.05, 3.63) is 100 Å². The highest BCUT2D eigenvalue weighted by Crippen LogP contribution is 2.49. The van der Waals surface area contributed by atoms with Crippen molar-refractivity contribution >= 4 is 52.6 Å². The van der Waals surface area contributed by atoms with Crippen molar-refractivity contribution in [2.45, 2.75) is 5.25 Å². The van der Waals surface area contributed by atoms with Gasteiger partial charge in [0.2, 0.25) is 11.8 Å². The number of hydrogen-bond acceptors (Lipinski definition) is 5. The summed E-state index contributed by atoms with van der Waals surface area (Å²) < 4.78 is 7.15. The van der Waals surface area contributed by atoms with Gasteiger partial charge in [0.1, 0.15) is 12.4 Å². The summed E-state index contributed by atoms with van der Waals surface area (Å²) in [4.78, 5) is 30.7. The Balaban J connectivity index is 1.60. The molecule has 0 N–H and O–H groups in total. The van der Waals surface area contributed by atoms with E-state index >= 15 is 0 Å². The number of anilines is 1. The highest BCUT2D eigenvalue weighted by atomic mass is 35.5. The van der Waals surface area contributed by atoms with Crippen LogP contribution in [0.3, 0.4) is 0 Å². The number of aromatic nitrogens is 2. The Bertz CT molecular complexity index is 1560. The van der Waals surface area contributed by atoms with Crippen LogP contribution in [0.4, 0.5) is 5.82 Å². The molecule has 0 saturated carbocycles. The van der Waals surface area contributed by atoms with Crippen molar-refractivity contribution in [1.82, 2.24) is 14.7 Å². The summed E-state index contributed by atoms with van der Waals surface area (Å²) in [6.07, 6.45) is 0. The third-order valence-electron chi connectivity index (χ3n) is 7.03. The molecule has 1 atom stereocenters. The van der Waals surface area contributed by atoms with Crippen LogP contribution in [0.25, 0.3) is 16.9 Å². The van der Waals surface area contributed by atoms with Crippen molar-refractivity contribution in [1.29, 1.82) is 0 Å². The minimum absolute atomic E-state index is 0.112. The van der Waals surface area contributed by atoms with Crippen LogP contribution in [0.2, 0.25) is 10.0 Å². The molecular weight excluding hydrogens is 567 g/mol.